The molecule has 7 heteroatoms. The van der Waals surface area contributed by atoms with Gasteiger partial charge in [-0.05, 0) is 72.4 Å². The van der Waals surface area contributed by atoms with Crippen molar-refractivity contribution in [2.45, 2.75) is 69.2 Å². The molecule has 0 radical (unpaired) electrons. The molecule has 6 nitrogen and oxygen atoms in total. The molecule has 0 unspecified atom stereocenters. The van der Waals surface area contributed by atoms with Crippen LogP contribution in [-0.2, 0) is 15.5 Å². The molecule has 1 saturated carbocycles. The Labute approximate surface area is 213 Å². The molecule has 2 aromatic heterocycles. The number of benzene rings is 2. The molecule has 0 saturated heterocycles. The lowest BCUT2D eigenvalue weighted by atomic mass is 9.87. The maximum atomic E-state index is 12.9. The van der Waals surface area contributed by atoms with E-state index in [1.54, 1.807) is 24.3 Å². The zero-order valence-electron chi connectivity index (χ0n) is 21.1. The minimum absolute atomic E-state index is 0.0540. The van der Waals surface area contributed by atoms with Crippen molar-refractivity contribution in [3.05, 3.63) is 78.5 Å². The predicted molar refractivity (Wildman–Crippen MR) is 144 cm³/mol. The molecule has 0 aliphatic heterocycles. The fourth-order valence-corrected chi connectivity index (χ4v) is 5.67. The maximum absolute atomic E-state index is 12.9. The van der Waals surface area contributed by atoms with Gasteiger partial charge in [-0.2, -0.15) is 8.42 Å². The highest BCUT2D eigenvalue weighted by atomic mass is 32.2. The molecule has 1 fully saturated rings. The molecule has 0 atom stereocenters. The number of aromatic nitrogens is 2. The van der Waals surface area contributed by atoms with E-state index in [1.165, 1.54) is 19.3 Å². The van der Waals surface area contributed by atoms with E-state index in [0.29, 0.717) is 6.04 Å². The van der Waals surface area contributed by atoms with Gasteiger partial charge in [0.2, 0.25) is 0 Å². The standard InChI is InChI=1S/C29H33N3O3S/c1-29(2,3)22-14-18-25(19-15-22)36(33,34)35-24-16-12-21(13-17-24)27-28(30-23-9-5-4-6-10-23)32-20-8-7-11-26(32)31-27/h7-8,11-20,23,30H,4-6,9-10H2,1-3H3. The number of imidazole rings is 1. The van der Waals surface area contributed by atoms with Crippen molar-refractivity contribution in [1.29, 1.82) is 0 Å². The Morgan fingerprint density at radius 2 is 1.61 bits per heavy atom. The van der Waals surface area contributed by atoms with Crippen molar-refractivity contribution < 1.29 is 12.6 Å². The fraction of sp³-hybridized carbons (Fsp3) is 0.345. The molecule has 0 amide bonds. The van der Waals surface area contributed by atoms with Crippen molar-refractivity contribution in [3.63, 3.8) is 0 Å². The van der Waals surface area contributed by atoms with Gasteiger partial charge in [0, 0.05) is 17.8 Å². The Morgan fingerprint density at radius 1 is 0.917 bits per heavy atom. The Hall–Kier alpha value is -3.32. The predicted octanol–water partition coefficient (Wildman–Crippen LogP) is 6.81. The van der Waals surface area contributed by atoms with E-state index >= 15 is 0 Å². The summed E-state index contributed by atoms with van der Waals surface area (Å²) in [7, 11) is -3.93. The van der Waals surface area contributed by atoms with E-state index in [-0.39, 0.29) is 16.1 Å². The molecule has 2 heterocycles. The molecule has 1 aliphatic carbocycles. The van der Waals surface area contributed by atoms with Crippen molar-refractivity contribution in [1.82, 2.24) is 9.38 Å². The van der Waals surface area contributed by atoms with Crippen molar-refractivity contribution in [2.24, 2.45) is 0 Å². The van der Waals surface area contributed by atoms with Crippen LogP contribution < -0.4 is 9.50 Å². The Bertz CT molecular complexity index is 1440. The molecule has 5 rings (SSSR count). The topological polar surface area (TPSA) is 72.7 Å². The normalized spacial score (nSPS) is 15.2. The van der Waals surface area contributed by atoms with E-state index < -0.39 is 10.1 Å². The van der Waals surface area contributed by atoms with Gasteiger partial charge in [-0.1, -0.05) is 58.2 Å². The number of nitrogens with zero attached hydrogens (tertiary/aromatic N) is 2. The van der Waals surface area contributed by atoms with Crippen LogP contribution in [0.25, 0.3) is 16.9 Å². The summed E-state index contributed by atoms with van der Waals surface area (Å²) in [4.78, 5) is 5.01. The van der Waals surface area contributed by atoms with E-state index in [2.05, 4.69) is 30.5 Å². The van der Waals surface area contributed by atoms with Crippen LogP contribution in [0.3, 0.4) is 0 Å². The molecule has 36 heavy (non-hydrogen) atoms. The zero-order valence-corrected chi connectivity index (χ0v) is 21.9. The SMILES string of the molecule is CC(C)(C)c1ccc(S(=O)(=O)Oc2ccc(-c3nc4ccccn4c3NC3CCCCC3)cc2)cc1. The summed E-state index contributed by atoms with van der Waals surface area (Å²) in [5.74, 6) is 1.24. The van der Waals surface area contributed by atoms with Gasteiger partial charge in [-0.15, -0.1) is 0 Å². The number of pyridine rings is 1. The lowest BCUT2D eigenvalue weighted by molar-refractivity contribution is 0.462. The average Bonchev–Trinajstić information content (AvgIpc) is 3.23. The average molecular weight is 504 g/mol. The van der Waals surface area contributed by atoms with Gasteiger partial charge in [0.05, 0.1) is 0 Å². The van der Waals surface area contributed by atoms with Gasteiger partial charge in [0.15, 0.2) is 0 Å². The van der Waals surface area contributed by atoms with Crippen molar-refractivity contribution in [2.75, 3.05) is 5.32 Å². The van der Waals surface area contributed by atoms with Crippen LogP contribution in [0.1, 0.15) is 58.4 Å². The van der Waals surface area contributed by atoms with Crippen LogP contribution in [0, 0.1) is 0 Å². The third-order valence-corrected chi connectivity index (χ3v) is 8.08. The highest BCUT2D eigenvalue weighted by Gasteiger charge is 2.21. The zero-order chi connectivity index (χ0) is 25.3. The molecule has 1 N–H and O–H groups in total. The summed E-state index contributed by atoms with van der Waals surface area (Å²) in [6.07, 6.45) is 8.10. The lowest BCUT2D eigenvalue weighted by Gasteiger charge is -2.24. The van der Waals surface area contributed by atoms with Gasteiger partial charge < -0.3 is 9.50 Å². The first-order chi connectivity index (χ1) is 17.2. The van der Waals surface area contributed by atoms with Crippen molar-refractivity contribution >= 4 is 21.6 Å². The summed E-state index contributed by atoms with van der Waals surface area (Å²) in [5, 5.41) is 3.73. The first-order valence-electron chi connectivity index (χ1n) is 12.6. The summed E-state index contributed by atoms with van der Waals surface area (Å²) < 4.78 is 33.3. The van der Waals surface area contributed by atoms with Crippen LogP contribution in [0.2, 0.25) is 0 Å². The highest BCUT2D eigenvalue weighted by molar-refractivity contribution is 7.87. The largest absolute Gasteiger partial charge is 0.379 e. The maximum Gasteiger partial charge on any atom is 0.339 e. The third-order valence-electron chi connectivity index (χ3n) is 6.82. The second kappa shape index (κ2) is 9.62. The molecular weight excluding hydrogens is 470 g/mol. The van der Waals surface area contributed by atoms with Gasteiger partial charge >= 0.3 is 10.1 Å². The van der Waals surface area contributed by atoms with Crippen LogP contribution in [0.4, 0.5) is 5.82 Å². The first-order valence-corrected chi connectivity index (χ1v) is 14.0. The summed E-state index contributed by atoms with van der Waals surface area (Å²) in [6.45, 7) is 6.27. The second-order valence-electron chi connectivity index (χ2n) is 10.6. The first kappa shape index (κ1) is 24.4. The second-order valence-corrected chi connectivity index (χ2v) is 12.1. The molecule has 0 spiro atoms. The molecule has 2 aromatic carbocycles. The number of anilines is 1. The Kier molecular flexibility index (Phi) is 6.51. The number of hydrogen-bond acceptors (Lipinski definition) is 5. The van der Waals surface area contributed by atoms with Crippen LogP contribution >= 0.6 is 0 Å². The highest BCUT2D eigenvalue weighted by Crippen LogP contribution is 2.33. The minimum Gasteiger partial charge on any atom is -0.379 e. The number of nitrogens with one attached hydrogen (secondary N) is 1. The number of hydrogen-bond donors (Lipinski definition) is 1. The smallest absolute Gasteiger partial charge is 0.339 e. The van der Waals surface area contributed by atoms with Gasteiger partial charge in [-0.25, -0.2) is 4.98 Å². The van der Waals surface area contributed by atoms with Crippen LogP contribution in [0.5, 0.6) is 5.75 Å². The molecular formula is C29H33N3O3S. The summed E-state index contributed by atoms with van der Waals surface area (Å²) in [5.41, 5.74) is 3.63. The Balaban J connectivity index is 1.39. The summed E-state index contributed by atoms with van der Waals surface area (Å²) in [6, 6.07) is 20.4. The molecule has 1 aliphatic rings. The van der Waals surface area contributed by atoms with Crippen molar-refractivity contribution in [3.8, 4) is 17.0 Å². The quantitative estimate of drug-likeness (QED) is 0.293. The third kappa shape index (κ3) is 5.12. The fourth-order valence-electron chi connectivity index (χ4n) is 4.74. The monoisotopic (exact) mass is 503 g/mol. The Morgan fingerprint density at radius 3 is 2.28 bits per heavy atom. The van der Waals surface area contributed by atoms with Gasteiger partial charge in [0.1, 0.15) is 27.8 Å². The van der Waals surface area contributed by atoms with Gasteiger partial charge in [0.25, 0.3) is 0 Å². The van der Waals surface area contributed by atoms with E-state index in [4.69, 9.17) is 9.17 Å². The number of fused-ring (bicyclic) bond motifs is 1. The molecule has 0 bridgehead atoms. The lowest BCUT2D eigenvalue weighted by Crippen LogP contribution is -2.23. The van der Waals surface area contributed by atoms with E-state index in [0.717, 1.165) is 41.1 Å². The molecule has 188 valence electrons. The minimum atomic E-state index is -3.93. The van der Waals surface area contributed by atoms with Crippen LogP contribution in [0.15, 0.2) is 77.8 Å². The van der Waals surface area contributed by atoms with Gasteiger partial charge in [-0.3, -0.25) is 4.40 Å². The summed E-state index contributed by atoms with van der Waals surface area (Å²) >= 11 is 0. The van der Waals surface area contributed by atoms with E-state index in [1.807, 2.05) is 48.7 Å². The van der Waals surface area contributed by atoms with E-state index in [9.17, 15) is 8.42 Å². The number of rotatable bonds is 6. The molecule has 4 aromatic rings. The van der Waals surface area contributed by atoms with Crippen LogP contribution in [-0.4, -0.2) is 23.8 Å².